The summed E-state index contributed by atoms with van der Waals surface area (Å²) in [6.45, 7) is 4.14. The molecule has 2 amide bonds. The molecule has 3 rings (SSSR count). The molecule has 132 valence electrons. The summed E-state index contributed by atoms with van der Waals surface area (Å²) < 4.78 is 5.47. The predicted octanol–water partition coefficient (Wildman–Crippen LogP) is 2.19. The molecule has 1 aliphatic carbocycles. The van der Waals surface area contributed by atoms with Gasteiger partial charge in [0.05, 0.1) is 25.4 Å². The van der Waals surface area contributed by atoms with Crippen LogP contribution in [-0.2, 0) is 11.2 Å². The van der Waals surface area contributed by atoms with Gasteiger partial charge in [0.2, 0.25) is 0 Å². The van der Waals surface area contributed by atoms with E-state index in [1.54, 1.807) is 6.92 Å². The minimum atomic E-state index is -0.431. The molecule has 0 aromatic heterocycles. The third-order valence-electron chi connectivity index (χ3n) is 5.10. The fourth-order valence-corrected chi connectivity index (χ4v) is 3.50. The van der Waals surface area contributed by atoms with Gasteiger partial charge in [-0.25, -0.2) is 4.79 Å². The van der Waals surface area contributed by atoms with Crippen LogP contribution in [0.5, 0.6) is 0 Å². The van der Waals surface area contributed by atoms with E-state index in [1.807, 2.05) is 11.0 Å². The van der Waals surface area contributed by atoms with Crippen molar-refractivity contribution in [3.63, 3.8) is 0 Å². The van der Waals surface area contributed by atoms with Crippen molar-refractivity contribution in [2.24, 2.45) is 5.41 Å². The SMILES string of the molecule is CC(O)CC1COCCN1C(=O)NCC1(Cc2ccccc2)CC1. The maximum atomic E-state index is 12.6. The van der Waals surface area contributed by atoms with E-state index < -0.39 is 6.10 Å². The second kappa shape index (κ2) is 7.53. The van der Waals surface area contributed by atoms with E-state index in [9.17, 15) is 9.90 Å². The normalized spacial score (nSPS) is 23.6. The first-order chi connectivity index (χ1) is 11.6. The average Bonchev–Trinajstić information content (AvgIpc) is 3.33. The Kier molecular flexibility index (Phi) is 5.41. The van der Waals surface area contributed by atoms with Gasteiger partial charge in [-0.2, -0.15) is 0 Å². The van der Waals surface area contributed by atoms with Crippen LogP contribution in [0.25, 0.3) is 0 Å². The number of benzene rings is 1. The van der Waals surface area contributed by atoms with Crippen molar-refractivity contribution >= 4 is 6.03 Å². The number of rotatable bonds is 6. The minimum Gasteiger partial charge on any atom is -0.393 e. The third kappa shape index (κ3) is 4.48. The number of hydrogen-bond donors (Lipinski definition) is 2. The van der Waals surface area contributed by atoms with E-state index >= 15 is 0 Å². The van der Waals surface area contributed by atoms with Gasteiger partial charge in [-0.05, 0) is 43.6 Å². The molecule has 2 aliphatic rings. The molecule has 1 aliphatic heterocycles. The molecule has 2 fully saturated rings. The third-order valence-corrected chi connectivity index (χ3v) is 5.10. The summed E-state index contributed by atoms with van der Waals surface area (Å²) in [4.78, 5) is 14.4. The van der Waals surface area contributed by atoms with Gasteiger partial charge in [0.15, 0.2) is 0 Å². The summed E-state index contributed by atoms with van der Waals surface area (Å²) >= 11 is 0. The first-order valence-electron chi connectivity index (χ1n) is 8.92. The number of aliphatic hydroxyl groups is 1. The number of amides is 2. The van der Waals surface area contributed by atoms with Gasteiger partial charge in [-0.15, -0.1) is 0 Å². The Labute approximate surface area is 144 Å². The molecule has 0 spiro atoms. The predicted molar refractivity (Wildman–Crippen MR) is 92.8 cm³/mol. The molecule has 5 heteroatoms. The molecule has 0 bridgehead atoms. The maximum Gasteiger partial charge on any atom is 0.317 e. The van der Waals surface area contributed by atoms with Gasteiger partial charge in [0.1, 0.15) is 0 Å². The highest BCUT2D eigenvalue weighted by Gasteiger charge is 2.43. The fourth-order valence-electron chi connectivity index (χ4n) is 3.50. The second-order valence-corrected chi connectivity index (χ2v) is 7.33. The lowest BCUT2D eigenvalue weighted by atomic mass is 9.96. The molecule has 24 heavy (non-hydrogen) atoms. The van der Waals surface area contributed by atoms with E-state index in [2.05, 4.69) is 29.6 Å². The Morgan fingerprint density at radius 2 is 2.17 bits per heavy atom. The topological polar surface area (TPSA) is 61.8 Å². The number of aliphatic hydroxyl groups excluding tert-OH is 1. The van der Waals surface area contributed by atoms with E-state index in [-0.39, 0.29) is 17.5 Å². The standard InChI is InChI=1S/C19H28N2O3/c1-15(22)11-17-13-24-10-9-21(17)18(23)20-14-19(7-8-19)12-16-5-3-2-4-6-16/h2-6,15,17,22H,7-14H2,1H3,(H,20,23). The van der Waals surface area contributed by atoms with Gasteiger partial charge in [0.25, 0.3) is 0 Å². The van der Waals surface area contributed by atoms with Gasteiger partial charge < -0.3 is 20.1 Å². The number of ether oxygens (including phenoxy) is 1. The molecule has 0 radical (unpaired) electrons. The van der Waals surface area contributed by atoms with Crippen molar-refractivity contribution in [3.05, 3.63) is 35.9 Å². The quantitative estimate of drug-likeness (QED) is 0.839. The maximum absolute atomic E-state index is 12.6. The van der Waals surface area contributed by atoms with E-state index in [4.69, 9.17) is 4.74 Å². The van der Waals surface area contributed by atoms with Crippen molar-refractivity contribution in [1.29, 1.82) is 0 Å². The zero-order chi connectivity index (χ0) is 17.0. The molecule has 2 unspecified atom stereocenters. The first kappa shape index (κ1) is 17.2. The molecule has 1 saturated heterocycles. The summed E-state index contributed by atoms with van der Waals surface area (Å²) in [5, 5.41) is 12.8. The van der Waals surface area contributed by atoms with Crippen molar-refractivity contribution in [2.75, 3.05) is 26.3 Å². The van der Waals surface area contributed by atoms with Crippen LogP contribution in [0.2, 0.25) is 0 Å². The zero-order valence-electron chi connectivity index (χ0n) is 14.4. The number of morpholine rings is 1. The Hall–Kier alpha value is -1.59. The molecule has 1 aromatic carbocycles. The lowest BCUT2D eigenvalue weighted by Crippen LogP contribution is -2.54. The average molecular weight is 332 g/mol. The summed E-state index contributed by atoms with van der Waals surface area (Å²) in [5.41, 5.74) is 1.56. The van der Waals surface area contributed by atoms with Crippen LogP contribution >= 0.6 is 0 Å². The molecule has 1 aromatic rings. The largest absolute Gasteiger partial charge is 0.393 e. The van der Waals surface area contributed by atoms with Crippen LogP contribution in [0.3, 0.4) is 0 Å². The monoisotopic (exact) mass is 332 g/mol. The van der Waals surface area contributed by atoms with Crippen LogP contribution in [0.15, 0.2) is 30.3 Å². The fraction of sp³-hybridized carbons (Fsp3) is 0.632. The highest BCUT2D eigenvalue weighted by Crippen LogP contribution is 2.47. The summed E-state index contributed by atoms with van der Waals surface area (Å²) in [5.74, 6) is 0. The van der Waals surface area contributed by atoms with E-state index in [1.165, 1.54) is 18.4 Å². The van der Waals surface area contributed by atoms with Crippen LogP contribution in [0, 0.1) is 5.41 Å². The number of carbonyl (C=O) groups is 1. The second-order valence-electron chi connectivity index (χ2n) is 7.33. The van der Waals surface area contributed by atoms with Crippen LogP contribution in [0.4, 0.5) is 4.79 Å². The van der Waals surface area contributed by atoms with Crippen LogP contribution in [0.1, 0.15) is 31.7 Å². The highest BCUT2D eigenvalue weighted by atomic mass is 16.5. The van der Waals surface area contributed by atoms with Gasteiger partial charge in [-0.3, -0.25) is 0 Å². The minimum absolute atomic E-state index is 0.0247. The number of nitrogens with zero attached hydrogens (tertiary/aromatic N) is 1. The van der Waals surface area contributed by atoms with E-state index in [0.29, 0.717) is 26.2 Å². The lowest BCUT2D eigenvalue weighted by molar-refractivity contribution is -0.00451. The Bertz CT molecular complexity index is 543. The smallest absolute Gasteiger partial charge is 0.317 e. The van der Waals surface area contributed by atoms with Crippen LogP contribution < -0.4 is 5.32 Å². The number of carbonyl (C=O) groups excluding carboxylic acids is 1. The van der Waals surface area contributed by atoms with E-state index in [0.717, 1.165) is 13.0 Å². The molecule has 1 heterocycles. The van der Waals surface area contributed by atoms with Crippen molar-refractivity contribution in [2.45, 2.75) is 44.8 Å². The van der Waals surface area contributed by atoms with Crippen molar-refractivity contribution in [3.8, 4) is 0 Å². The Morgan fingerprint density at radius 1 is 1.42 bits per heavy atom. The molecule has 1 saturated carbocycles. The first-order valence-corrected chi connectivity index (χ1v) is 8.92. The highest BCUT2D eigenvalue weighted by molar-refractivity contribution is 5.74. The summed E-state index contributed by atoms with van der Waals surface area (Å²) in [7, 11) is 0. The molecular weight excluding hydrogens is 304 g/mol. The van der Waals surface area contributed by atoms with Crippen molar-refractivity contribution in [1.82, 2.24) is 10.2 Å². The summed E-state index contributed by atoms with van der Waals surface area (Å²) in [6, 6.07) is 10.4. The van der Waals surface area contributed by atoms with Crippen molar-refractivity contribution < 1.29 is 14.6 Å². The Balaban J connectivity index is 1.52. The number of hydrogen-bond acceptors (Lipinski definition) is 3. The zero-order valence-corrected chi connectivity index (χ0v) is 14.4. The molecule has 5 nitrogen and oxygen atoms in total. The lowest BCUT2D eigenvalue weighted by Gasteiger charge is -2.36. The molecule has 2 N–H and O–H groups in total. The number of urea groups is 1. The van der Waals surface area contributed by atoms with Gasteiger partial charge in [0, 0.05) is 13.1 Å². The van der Waals surface area contributed by atoms with Crippen LogP contribution in [-0.4, -0.2) is 54.5 Å². The molecular formula is C19H28N2O3. The summed E-state index contributed by atoms with van der Waals surface area (Å²) in [6.07, 6.45) is 3.49. The molecule has 2 atom stereocenters. The van der Waals surface area contributed by atoms with Gasteiger partial charge in [-0.1, -0.05) is 30.3 Å². The van der Waals surface area contributed by atoms with Gasteiger partial charge >= 0.3 is 6.03 Å². The number of nitrogens with one attached hydrogen (secondary N) is 1. The Morgan fingerprint density at radius 3 is 2.83 bits per heavy atom.